The molecule has 0 saturated heterocycles. The Labute approximate surface area is 187 Å². The first-order chi connectivity index (χ1) is 15.2. The van der Waals surface area contributed by atoms with Gasteiger partial charge in [0.15, 0.2) is 5.16 Å². The Balaban J connectivity index is 1.48. The second kappa shape index (κ2) is 8.49. The maximum Gasteiger partial charge on any atom is 0.258 e. The van der Waals surface area contributed by atoms with Crippen molar-refractivity contribution in [3.63, 3.8) is 0 Å². The maximum absolute atomic E-state index is 12.5. The highest BCUT2D eigenvalue weighted by molar-refractivity contribution is 7.98. The summed E-state index contributed by atoms with van der Waals surface area (Å²) in [7, 11) is 0. The van der Waals surface area contributed by atoms with E-state index in [0.717, 1.165) is 34.3 Å². The van der Waals surface area contributed by atoms with Crippen LogP contribution in [-0.2, 0) is 12.2 Å². The maximum atomic E-state index is 12.5. The fraction of sp³-hybridized carbons (Fsp3) is 0.130. The molecule has 0 amide bonds. The molecule has 0 unspecified atom stereocenters. The van der Waals surface area contributed by atoms with Crippen molar-refractivity contribution >= 4 is 28.7 Å². The molecular weight excluding hydrogens is 426 g/mol. The van der Waals surface area contributed by atoms with E-state index < -0.39 is 0 Å². The average molecular weight is 446 g/mol. The van der Waals surface area contributed by atoms with Crippen molar-refractivity contribution in [2.24, 2.45) is 0 Å². The van der Waals surface area contributed by atoms with E-state index in [2.05, 4.69) is 38.3 Å². The van der Waals surface area contributed by atoms with Crippen LogP contribution in [0.2, 0.25) is 0 Å². The zero-order valence-electron chi connectivity index (χ0n) is 16.8. The van der Waals surface area contributed by atoms with Crippen LogP contribution in [0.15, 0.2) is 82.2 Å². The summed E-state index contributed by atoms with van der Waals surface area (Å²) in [5, 5.41) is 11.8. The quantitative estimate of drug-likeness (QED) is 0.359. The van der Waals surface area contributed by atoms with Crippen LogP contribution in [0.1, 0.15) is 22.0 Å². The summed E-state index contributed by atoms with van der Waals surface area (Å²) in [6.45, 7) is 1.96. The summed E-state index contributed by atoms with van der Waals surface area (Å²) in [5.41, 5.74) is 3.33. The Kier molecular flexibility index (Phi) is 5.40. The molecule has 0 fully saturated rings. The van der Waals surface area contributed by atoms with Gasteiger partial charge in [-0.15, -0.1) is 21.5 Å². The first-order valence-corrected chi connectivity index (χ1v) is 11.7. The number of para-hydroxylation sites is 1. The lowest BCUT2D eigenvalue weighted by molar-refractivity contribution is 0.850. The number of benzene rings is 1. The van der Waals surface area contributed by atoms with Crippen LogP contribution in [-0.4, -0.2) is 24.1 Å². The SMILES string of the molecule is Cc1cccn2c(=O)cc(CSc3nnc(Cc4cccs4)n3-c3ccccc3)nc12. The third kappa shape index (κ3) is 4.04. The van der Waals surface area contributed by atoms with Gasteiger partial charge in [-0.1, -0.05) is 42.1 Å². The minimum Gasteiger partial charge on any atom is -0.274 e. The van der Waals surface area contributed by atoms with Gasteiger partial charge in [0, 0.05) is 35.0 Å². The van der Waals surface area contributed by atoms with E-state index in [-0.39, 0.29) is 5.56 Å². The monoisotopic (exact) mass is 445 g/mol. The van der Waals surface area contributed by atoms with E-state index in [1.54, 1.807) is 28.0 Å². The highest BCUT2D eigenvalue weighted by Gasteiger charge is 2.16. The highest BCUT2D eigenvalue weighted by atomic mass is 32.2. The summed E-state index contributed by atoms with van der Waals surface area (Å²) in [6, 6.07) is 19.7. The Morgan fingerprint density at radius 3 is 2.71 bits per heavy atom. The number of fused-ring (bicyclic) bond motifs is 1. The number of pyridine rings is 1. The fourth-order valence-corrected chi connectivity index (χ4v) is 5.00. The van der Waals surface area contributed by atoms with Gasteiger partial charge in [0.05, 0.1) is 5.69 Å². The summed E-state index contributed by atoms with van der Waals surface area (Å²) in [6.07, 6.45) is 2.46. The Bertz CT molecular complexity index is 1390. The normalized spacial score (nSPS) is 11.3. The molecule has 5 rings (SSSR count). The summed E-state index contributed by atoms with van der Waals surface area (Å²) in [4.78, 5) is 18.5. The van der Waals surface area contributed by atoms with Crippen molar-refractivity contribution < 1.29 is 0 Å². The molecule has 4 aromatic heterocycles. The summed E-state index contributed by atoms with van der Waals surface area (Å²) < 4.78 is 3.67. The Hall–Kier alpha value is -3.23. The van der Waals surface area contributed by atoms with Crippen molar-refractivity contribution in [2.45, 2.75) is 24.3 Å². The number of hydrogen-bond acceptors (Lipinski definition) is 6. The highest BCUT2D eigenvalue weighted by Crippen LogP contribution is 2.26. The number of hydrogen-bond donors (Lipinski definition) is 0. The van der Waals surface area contributed by atoms with Gasteiger partial charge in [-0.05, 0) is 42.1 Å². The van der Waals surface area contributed by atoms with Crippen LogP contribution in [0.5, 0.6) is 0 Å². The standard InChI is InChI=1S/C23H19N5OS2/c1-16-7-5-11-27-21(29)13-17(24-22(16)27)15-31-23-26-25-20(14-19-10-6-12-30-19)28(23)18-8-3-2-4-9-18/h2-13H,14-15H2,1H3. The van der Waals surface area contributed by atoms with Crippen LogP contribution in [0.3, 0.4) is 0 Å². The third-order valence-electron chi connectivity index (χ3n) is 4.92. The van der Waals surface area contributed by atoms with Gasteiger partial charge < -0.3 is 0 Å². The predicted molar refractivity (Wildman–Crippen MR) is 124 cm³/mol. The molecule has 0 atom stereocenters. The summed E-state index contributed by atoms with van der Waals surface area (Å²) in [5.74, 6) is 1.42. The topological polar surface area (TPSA) is 65.1 Å². The number of rotatable bonds is 6. The fourth-order valence-electron chi connectivity index (χ4n) is 3.43. The minimum atomic E-state index is -0.0767. The molecule has 31 heavy (non-hydrogen) atoms. The number of aryl methyl sites for hydroxylation is 1. The summed E-state index contributed by atoms with van der Waals surface area (Å²) >= 11 is 3.24. The van der Waals surface area contributed by atoms with E-state index in [4.69, 9.17) is 4.98 Å². The van der Waals surface area contributed by atoms with Crippen LogP contribution >= 0.6 is 23.1 Å². The molecule has 0 aliphatic carbocycles. The van der Waals surface area contributed by atoms with Gasteiger partial charge in [-0.3, -0.25) is 13.8 Å². The van der Waals surface area contributed by atoms with Gasteiger partial charge in [0.1, 0.15) is 11.5 Å². The second-order valence-electron chi connectivity index (χ2n) is 7.09. The van der Waals surface area contributed by atoms with Crippen LogP contribution < -0.4 is 5.56 Å². The molecule has 0 radical (unpaired) electrons. The van der Waals surface area contributed by atoms with Crippen LogP contribution in [0.4, 0.5) is 0 Å². The van der Waals surface area contributed by atoms with Gasteiger partial charge in [-0.2, -0.15) is 0 Å². The van der Waals surface area contributed by atoms with E-state index in [0.29, 0.717) is 11.4 Å². The van der Waals surface area contributed by atoms with Crippen molar-refractivity contribution in [1.82, 2.24) is 24.1 Å². The van der Waals surface area contributed by atoms with Gasteiger partial charge in [0.2, 0.25) is 0 Å². The molecule has 0 saturated carbocycles. The largest absolute Gasteiger partial charge is 0.274 e. The number of thioether (sulfide) groups is 1. The number of nitrogens with zero attached hydrogens (tertiary/aromatic N) is 5. The van der Waals surface area contributed by atoms with Gasteiger partial charge in [-0.25, -0.2) is 4.98 Å². The van der Waals surface area contributed by atoms with Gasteiger partial charge in [0.25, 0.3) is 5.56 Å². The van der Waals surface area contributed by atoms with E-state index in [9.17, 15) is 4.79 Å². The molecule has 8 heteroatoms. The first-order valence-electron chi connectivity index (χ1n) is 9.82. The second-order valence-corrected chi connectivity index (χ2v) is 9.06. The van der Waals surface area contributed by atoms with E-state index in [1.807, 2.05) is 43.3 Å². The Morgan fingerprint density at radius 1 is 1.03 bits per heavy atom. The molecule has 0 N–H and O–H groups in total. The predicted octanol–water partition coefficient (Wildman–Crippen LogP) is 4.53. The lowest BCUT2D eigenvalue weighted by atomic mass is 10.3. The molecule has 154 valence electrons. The van der Waals surface area contributed by atoms with Crippen molar-refractivity contribution in [3.05, 3.63) is 105 Å². The molecule has 0 aliphatic rings. The number of aromatic nitrogens is 5. The van der Waals surface area contributed by atoms with Crippen molar-refractivity contribution in [1.29, 1.82) is 0 Å². The van der Waals surface area contributed by atoms with E-state index in [1.165, 1.54) is 16.6 Å². The third-order valence-corrected chi connectivity index (χ3v) is 6.75. The molecule has 0 bridgehead atoms. The lowest BCUT2D eigenvalue weighted by Gasteiger charge is -2.10. The molecule has 0 aliphatic heterocycles. The molecule has 5 aromatic rings. The zero-order chi connectivity index (χ0) is 21.2. The van der Waals surface area contributed by atoms with Gasteiger partial charge >= 0.3 is 0 Å². The number of thiophene rings is 1. The molecule has 6 nitrogen and oxygen atoms in total. The molecule has 0 spiro atoms. The molecule has 1 aromatic carbocycles. The lowest BCUT2D eigenvalue weighted by Crippen LogP contribution is -2.15. The van der Waals surface area contributed by atoms with Crippen LogP contribution in [0, 0.1) is 6.92 Å². The van der Waals surface area contributed by atoms with Crippen molar-refractivity contribution in [2.75, 3.05) is 0 Å². The molecular formula is C23H19N5OS2. The first kappa shape index (κ1) is 19.7. The Morgan fingerprint density at radius 2 is 1.90 bits per heavy atom. The zero-order valence-corrected chi connectivity index (χ0v) is 18.4. The van der Waals surface area contributed by atoms with E-state index >= 15 is 0 Å². The minimum absolute atomic E-state index is 0.0767. The van der Waals surface area contributed by atoms with Crippen molar-refractivity contribution in [3.8, 4) is 5.69 Å². The smallest absolute Gasteiger partial charge is 0.258 e. The average Bonchev–Trinajstić information content (AvgIpc) is 3.44. The molecule has 4 heterocycles. The van der Waals surface area contributed by atoms with Crippen LogP contribution in [0.25, 0.3) is 11.3 Å².